The minimum atomic E-state index is 0. The first kappa shape index (κ1) is 27.7. The van der Waals surface area contributed by atoms with Gasteiger partial charge in [-0.1, -0.05) is 97.4 Å². The van der Waals surface area contributed by atoms with Gasteiger partial charge in [0, 0.05) is 6.04 Å². The van der Waals surface area contributed by atoms with Crippen LogP contribution in [0.1, 0.15) is 67.3 Å². The molecule has 0 amide bonds. The fraction of sp³-hybridized carbons (Fsp3) is 0.257. The lowest BCUT2D eigenvalue weighted by atomic mass is 9.82. The lowest BCUT2D eigenvalue weighted by Gasteiger charge is -2.25. The molecule has 5 rings (SSSR count). The number of phenolic OH excluding ortho intramolecular Hbond substituents is 1. The molecule has 0 bridgehead atoms. The van der Waals surface area contributed by atoms with Gasteiger partial charge in [0.15, 0.2) is 0 Å². The van der Waals surface area contributed by atoms with Gasteiger partial charge in [-0.25, -0.2) is 0 Å². The first-order valence-corrected chi connectivity index (χ1v) is 13.7. The van der Waals surface area contributed by atoms with Gasteiger partial charge >= 0.3 is 0 Å². The number of hydrogen-bond donors (Lipinski definition) is 2. The summed E-state index contributed by atoms with van der Waals surface area (Å²) in [7, 11) is 0. The zero-order valence-electron chi connectivity index (χ0n) is 22.2. The van der Waals surface area contributed by atoms with Crippen LogP contribution in [-0.4, -0.2) is 11.7 Å². The second-order valence-electron chi connectivity index (χ2n) is 10.1. The molecule has 38 heavy (non-hydrogen) atoms. The van der Waals surface area contributed by atoms with Gasteiger partial charge in [-0.2, -0.15) is 0 Å². The van der Waals surface area contributed by atoms with Crippen molar-refractivity contribution in [3.05, 3.63) is 125 Å². The Labute approximate surface area is 233 Å². The summed E-state index contributed by atoms with van der Waals surface area (Å²) in [5.74, 6) is 0.334. The van der Waals surface area contributed by atoms with Crippen LogP contribution in [0.15, 0.2) is 103 Å². The average molecular weight is 524 g/mol. The molecule has 0 aromatic heterocycles. The highest BCUT2D eigenvalue weighted by Crippen LogP contribution is 2.43. The topological polar surface area (TPSA) is 32.3 Å². The Hall–Kier alpha value is -3.33. The predicted molar refractivity (Wildman–Crippen MR) is 164 cm³/mol. The van der Waals surface area contributed by atoms with E-state index in [0.29, 0.717) is 5.75 Å². The lowest BCUT2D eigenvalue weighted by Crippen LogP contribution is -2.22. The van der Waals surface area contributed by atoms with E-state index in [-0.39, 0.29) is 18.4 Å². The summed E-state index contributed by atoms with van der Waals surface area (Å²) < 4.78 is 0. The van der Waals surface area contributed by atoms with Gasteiger partial charge in [-0.3, -0.25) is 0 Å². The number of nitrogens with one attached hydrogen (secondary N) is 1. The van der Waals surface area contributed by atoms with Gasteiger partial charge < -0.3 is 10.4 Å². The van der Waals surface area contributed by atoms with Crippen LogP contribution >= 0.6 is 12.4 Å². The Morgan fingerprint density at radius 3 is 2.11 bits per heavy atom. The Morgan fingerprint density at radius 1 is 0.711 bits per heavy atom. The van der Waals surface area contributed by atoms with Crippen molar-refractivity contribution in [1.29, 1.82) is 0 Å². The third kappa shape index (κ3) is 6.56. The van der Waals surface area contributed by atoms with E-state index in [4.69, 9.17) is 0 Å². The molecule has 0 radical (unpaired) electrons. The van der Waals surface area contributed by atoms with E-state index in [1.807, 2.05) is 12.1 Å². The highest BCUT2D eigenvalue weighted by molar-refractivity contribution is 5.97. The van der Waals surface area contributed by atoms with Gasteiger partial charge in [0.05, 0.1) is 0 Å². The molecule has 2 nitrogen and oxygen atoms in total. The molecule has 1 aliphatic rings. The molecule has 1 aliphatic carbocycles. The van der Waals surface area contributed by atoms with Crippen molar-refractivity contribution in [3.63, 3.8) is 0 Å². The first-order chi connectivity index (χ1) is 18.2. The third-order valence-electron chi connectivity index (χ3n) is 7.57. The molecule has 196 valence electrons. The molecular weight excluding hydrogens is 486 g/mol. The van der Waals surface area contributed by atoms with Crippen molar-refractivity contribution in [2.75, 3.05) is 6.54 Å². The predicted octanol–water partition coefficient (Wildman–Crippen LogP) is 9.25. The van der Waals surface area contributed by atoms with Crippen molar-refractivity contribution in [1.82, 2.24) is 5.32 Å². The number of aromatic hydroxyl groups is 1. The number of hydrogen-bond acceptors (Lipinski definition) is 2. The van der Waals surface area contributed by atoms with Gasteiger partial charge in [0.2, 0.25) is 0 Å². The number of allylic oxidation sites excluding steroid dienone is 2. The van der Waals surface area contributed by atoms with E-state index >= 15 is 0 Å². The highest BCUT2D eigenvalue weighted by Gasteiger charge is 2.23. The molecule has 0 saturated heterocycles. The Bertz CT molecular complexity index is 1350. The van der Waals surface area contributed by atoms with Crippen LogP contribution in [0, 0.1) is 0 Å². The first-order valence-electron chi connectivity index (χ1n) is 13.7. The fourth-order valence-corrected chi connectivity index (χ4v) is 5.68. The van der Waals surface area contributed by atoms with Crippen molar-refractivity contribution in [3.8, 4) is 16.9 Å². The molecule has 0 saturated carbocycles. The minimum Gasteiger partial charge on any atom is -0.508 e. The maximum atomic E-state index is 10.3. The highest BCUT2D eigenvalue weighted by atomic mass is 35.5. The molecule has 0 aliphatic heterocycles. The van der Waals surface area contributed by atoms with Gasteiger partial charge in [-0.05, 0) is 102 Å². The molecule has 1 unspecified atom stereocenters. The van der Waals surface area contributed by atoms with Crippen LogP contribution < -0.4 is 5.32 Å². The second kappa shape index (κ2) is 13.5. The van der Waals surface area contributed by atoms with Gasteiger partial charge in [-0.15, -0.1) is 12.4 Å². The Morgan fingerprint density at radius 2 is 1.37 bits per heavy atom. The van der Waals surface area contributed by atoms with Crippen molar-refractivity contribution in [2.45, 2.75) is 51.5 Å². The quantitative estimate of drug-likeness (QED) is 0.241. The number of rotatable bonds is 8. The zero-order chi connectivity index (χ0) is 25.5. The molecule has 0 spiro atoms. The summed E-state index contributed by atoms with van der Waals surface area (Å²) in [6.07, 6.45) is 6.71. The second-order valence-corrected chi connectivity index (χ2v) is 10.1. The number of benzene rings is 4. The molecule has 4 aromatic carbocycles. The van der Waals surface area contributed by atoms with Gasteiger partial charge in [0.1, 0.15) is 5.75 Å². The van der Waals surface area contributed by atoms with E-state index in [1.165, 1.54) is 58.2 Å². The average Bonchev–Trinajstić information content (AvgIpc) is 3.20. The largest absolute Gasteiger partial charge is 0.508 e. The van der Waals surface area contributed by atoms with Crippen LogP contribution in [-0.2, 0) is 6.42 Å². The summed E-state index contributed by atoms with van der Waals surface area (Å²) >= 11 is 0. The fourth-order valence-electron chi connectivity index (χ4n) is 5.68. The van der Waals surface area contributed by atoms with Crippen LogP contribution in [0.5, 0.6) is 5.75 Å². The molecule has 3 heteroatoms. The Kier molecular flexibility index (Phi) is 9.81. The molecule has 4 aromatic rings. The Balaban J connectivity index is 0.00000336. The summed E-state index contributed by atoms with van der Waals surface area (Å²) in [4.78, 5) is 0. The summed E-state index contributed by atoms with van der Waals surface area (Å²) in [6, 6.07) is 36.3. The lowest BCUT2D eigenvalue weighted by molar-refractivity contribution is 0.475. The summed E-state index contributed by atoms with van der Waals surface area (Å²) in [5.41, 5.74) is 10.6. The zero-order valence-corrected chi connectivity index (χ0v) is 23.0. The maximum Gasteiger partial charge on any atom is 0.116 e. The molecule has 1 atom stereocenters. The normalized spacial score (nSPS) is 14.4. The van der Waals surface area contributed by atoms with Crippen LogP contribution in [0.3, 0.4) is 0 Å². The SMILES string of the molecule is CC(NCCc1ccccc1)c1cccc(-c2ccccc2)c1C1=C(c2cccc(O)c2)CCCCC1.Cl. The standard InChI is InChI=1S/C35H37NO.ClH/c1-26(36-24-23-27-13-5-2-6-14-27)31-21-12-22-33(28-15-7-3-8-16-28)35(31)34-20-10-4-9-19-32(34)29-17-11-18-30(37)25-29;/h2-3,5-8,11-18,21-22,25-26,36-37H,4,9-10,19-20,23-24H2,1H3;1H. The van der Waals surface area contributed by atoms with E-state index in [0.717, 1.165) is 31.4 Å². The molecule has 2 N–H and O–H groups in total. The maximum absolute atomic E-state index is 10.3. The summed E-state index contributed by atoms with van der Waals surface area (Å²) in [5, 5.41) is 14.1. The van der Waals surface area contributed by atoms with E-state index < -0.39 is 0 Å². The van der Waals surface area contributed by atoms with Crippen LogP contribution in [0.4, 0.5) is 0 Å². The van der Waals surface area contributed by atoms with Crippen molar-refractivity contribution in [2.24, 2.45) is 0 Å². The monoisotopic (exact) mass is 523 g/mol. The number of phenols is 1. The summed E-state index contributed by atoms with van der Waals surface area (Å²) in [6.45, 7) is 3.22. The molecular formula is C35H38ClNO. The van der Waals surface area contributed by atoms with Gasteiger partial charge in [0.25, 0.3) is 0 Å². The van der Waals surface area contributed by atoms with Crippen molar-refractivity contribution >= 4 is 23.6 Å². The van der Waals surface area contributed by atoms with E-state index in [2.05, 4.69) is 97.2 Å². The smallest absolute Gasteiger partial charge is 0.116 e. The molecule has 0 fully saturated rings. The van der Waals surface area contributed by atoms with E-state index in [1.54, 1.807) is 6.07 Å². The van der Waals surface area contributed by atoms with Crippen LogP contribution in [0.2, 0.25) is 0 Å². The third-order valence-corrected chi connectivity index (χ3v) is 7.57. The molecule has 0 heterocycles. The number of halogens is 1. The minimum absolute atomic E-state index is 0. The van der Waals surface area contributed by atoms with E-state index in [9.17, 15) is 5.11 Å². The van der Waals surface area contributed by atoms with Crippen molar-refractivity contribution < 1.29 is 5.11 Å². The van der Waals surface area contributed by atoms with Crippen LogP contribution in [0.25, 0.3) is 22.3 Å².